The number of hydrogen-bond donors (Lipinski definition) is 0. The van der Waals surface area contributed by atoms with Gasteiger partial charge in [0, 0.05) is 19.6 Å². The molecular weight excluding hydrogens is 254 g/mol. The van der Waals surface area contributed by atoms with E-state index in [1.54, 1.807) is 6.33 Å². The van der Waals surface area contributed by atoms with Gasteiger partial charge in [0.25, 0.3) is 0 Å². The van der Waals surface area contributed by atoms with Crippen molar-refractivity contribution in [3.8, 4) is 0 Å². The lowest BCUT2D eigenvalue weighted by molar-refractivity contribution is 0.0338. The van der Waals surface area contributed by atoms with Crippen LogP contribution in [0.4, 0.5) is 0 Å². The Kier molecular flexibility index (Phi) is 2.82. The van der Waals surface area contributed by atoms with Gasteiger partial charge in [0.1, 0.15) is 12.0 Å². The number of nitrogens with zero attached hydrogens (tertiary/aromatic N) is 5. The lowest BCUT2D eigenvalue weighted by atomic mass is 10.2. The van der Waals surface area contributed by atoms with Crippen molar-refractivity contribution < 1.29 is 4.74 Å². The fraction of sp³-hybridized carbons (Fsp3) is 0.357. The number of ether oxygens (including phenoxy) is 1. The van der Waals surface area contributed by atoms with Crippen LogP contribution in [0.1, 0.15) is 5.69 Å². The number of fused-ring (bicyclic) bond motifs is 3. The van der Waals surface area contributed by atoms with E-state index in [0.717, 1.165) is 55.2 Å². The van der Waals surface area contributed by atoms with Gasteiger partial charge < -0.3 is 4.74 Å². The number of rotatable bonds is 2. The molecule has 102 valence electrons. The number of morpholine rings is 1. The van der Waals surface area contributed by atoms with Gasteiger partial charge in [0.15, 0.2) is 5.65 Å². The Hall–Kier alpha value is -2.05. The summed E-state index contributed by atoms with van der Waals surface area (Å²) in [5, 5.41) is 8.26. The monoisotopic (exact) mass is 269 g/mol. The van der Waals surface area contributed by atoms with Crippen LogP contribution in [0.2, 0.25) is 0 Å². The van der Waals surface area contributed by atoms with Crippen LogP contribution in [0.5, 0.6) is 0 Å². The van der Waals surface area contributed by atoms with Gasteiger partial charge in [-0.2, -0.15) is 0 Å². The molecule has 1 aromatic carbocycles. The summed E-state index contributed by atoms with van der Waals surface area (Å²) in [4.78, 5) is 7.11. The van der Waals surface area contributed by atoms with E-state index in [2.05, 4.69) is 15.1 Å². The Morgan fingerprint density at radius 3 is 2.90 bits per heavy atom. The number of hydrogen-bond acceptors (Lipinski definition) is 5. The maximum Gasteiger partial charge on any atom is 0.184 e. The molecule has 3 aromatic rings. The maximum absolute atomic E-state index is 5.38. The van der Waals surface area contributed by atoms with Crippen LogP contribution in [0, 0.1) is 0 Å². The third kappa shape index (κ3) is 1.93. The van der Waals surface area contributed by atoms with Gasteiger partial charge in [-0.15, -0.1) is 10.2 Å². The van der Waals surface area contributed by atoms with Crippen molar-refractivity contribution in [2.75, 3.05) is 26.3 Å². The average Bonchev–Trinajstić information content (AvgIpc) is 2.98. The van der Waals surface area contributed by atoms with Crippen LogP contribution in [-0.2, 0) is 11.3 Å². The highest BCUT2D eigenvalue weighted by Gasteiger charge is 2.16. The lowest BCUT2D eigenvalue weighted by Gasteiger charge is -2.26. The summed E-state index contributed by atoms with van der Waals surface area (Å²) in [6.45, 7) is 4.24. The topological polar surface area (TPSA) is 55.5 Å². The maximum atomic E-state index is 5.38. The molecule has 6 nitrogen and oxygen atoms in total. The zero-order valence-electron chi connectivity index (χ0n) is 11.1. The molecule has 1 fully saturated rings. The fourth-order valence-electron chi connectivity index (χ4n) is 2.64. The van der Waals surface area contributed by atoms with E-state index in [4.69, 9.17) is 9.72 Å². The molecule has 0 radical (unpaired) electrons. The highest BCUT2D eigenvalue weighted by molar-refractivity contribution is 5.78. The summed E-state index contributed by atoms with van der Waals surface area (Å²) in [6, 6.07) is 8.07. The predicted octanol–water partition coefficient (Wildman–Crippen LogP) is 1.11. The summed E-state index contributed by atoms with van der Waals surface area (Å²) in [5.74, 6) is 0. The molecule has 20 heavy (non-hydrogen) atoms. The normalized spacial score (nSPS) is 17.0. The minimum absolute atomic E-state index is 0.788. The molecule has 1 aliphatic rings. The Morgan fingerprint density at radius 1 is 1.15 bits per heavy atom. The zero-order chi connectivity index (χ0) is 13.4. The Bertz CT molecular complexity index is 747. The summed E-state index contributed by atoms with van der Waals surface area (Å²) < 4.78 is 7.40. The first-order chi connectivity index (χ1) is 9.92. The molecule has 0 saturated carbocycles. The molecule has 1 saturated heterocycles. The predicted molar refractivity (Wildman–Crippen MR) is 74.4 cm³/mol. The Morgan fingerprint density at radius 2 is 2.00 bits per heavy atom. The van der Waals surface area contributed by atoms with Crippen LogP contribution in [0.25, 0.3) is 16.7 Å². The molecule has 6 heteroatoms. The second kappa shape index (κ2) is 4.81. The first-order valence-electron chi connectivity index (χ1n) is 6.79. The number of aromatic nitrogens is 4. The highest BCUT2D eigenvalue weighted by Crippen LogP contribution is 2.17. The van der Waals surface area contributed by atoms with Gasteiger partial charge in [-0.25, -0.2) is 4.98 Å². The minimum Gasteiger partial charge on any atom is -0.379 e. The van der Waals surface area contributed by atoms with Crippen molar-refractivity contribution in [3.63, 3.8) is 0 Å². The first-order valence-corrected chi connectivity index (χ1v) is 6.79. The first kappa shape index (κ1) is 11.7. The van der Waals surface area contributed by atoms with Gasteiger partial charge in [0.2, 0.25) is 0 Å². The van der Waals surface area contributed by atoms with Crippen molar-refractivity contribution in [1.29, 1.82) is 0 Å². The molecule has 3 heterocycles. The molecule has 0 N–H and O–H groups in total. The van der Waals surface area contributed by atoms with E-state index in [-0.39, 0.29) is 0 Å². The molecule has 0 spiro atoms. The Labute approximate surface area is 116 Å². The van der Waals surface area contributed by atoms with E-state index < -0.39 is 0 Å². The van der Waals surface area contributed by atoms with Crippen LogP contribution in [0.3, 0.4) is 0 Å². The van der Waals surface area contributed by atoms with Gasteiger partial charge in [-0.3, -0.25) is 9.30 Å². The van der Waals surface area contributed by atoms with E-state index in [1.165, 1.54) is 0 Å². The van der Waals surface area contributed by atoms with Crippen molar-refractivity contribution in [1.82, 2.24) is 24.5 Å². The van der Waals surface area contributed by atoms with Crippen molar-refractivity contribution in [2.45, 2.75) is 6.54 Å². The summed E-state index contributed by atoms with van der Waals surface area (Å²) >= 11 is 0. The summed E-state index contributed by atoms with van der Waals surface area (Å²) in [6.07, 6.45) is 1.75. The van der Waals surface area contributed by atoms with E-state index in [9.17, 15) is 0 Å². The zero-order valence-corrected chi connectivity index (χ0v) is 11.1. The lowest BCUT2D eigenvalue weighted by Crippen LogP contribution is -2.36. The Balaban J connectivity index is 1.82. The summed E-state index contributed by atoms with van der Waals surface area (Å²) in [5.41, 5.74) is 3.83. The largest absolute Gasteiger partial charge is 0.379 e. The second-order valence-corrected chi connectivity index (χ2v) is 4.96. The van der Waals surface area contributed by atoms with Gasteiger partial charge in [0.05, 0.1) is 24.2 Å². The molecule has 0 bridgehead atoms. The molecule has 1 aliphatic heterocycles. The standard InChI is InChI=1S/C14H15N5O/c1-2-4-13-11(3-1)16-12(14-17-15-10-19(13)14)9-18-5-7-20-8-6-18/h1-4,10H,5-9H2. The van der Waals surface area contributed by atoms with E-state index in [1.807, 2.05) is 28.7 Å². The van der Waals surface area contributed by atoms with Gasteiger partial charge in [-0.1, -0.05) is 12.1 Å². The fourth-order valence-corrected chi connectivity index (χ4v) is 2.64. The molecule has 0 unspecified atom stereocenters. The smallest absolute Gasteiger partial charge is 0.184 e. The molecule has 2 aromatic heterocycles. The van der Waals surface area contributed by atoms with Crippen LogP contribution >= 0.6 is 0 Å². The molecule has 0 atom stereocenters. The van der Waals surface area contributed by atoms with Gasteiger partial charge >= 0.3 is 0 Å². The quantitative estimate of drug-likeness (QED) is 0.697. The van der Waals surface area contributed by atoms with E-state index in [0.29, 0.717) is 0 Å². The second-order valence-electron chi connectivity index (χ2n) is 4.96. The minimum atomic E-state index is 0.788. The third-order valence-electron chi connectivity index (χ3n) is 3.68. The van der Waals surface area contributed by atoms with Crippen molar-refractivity contribution >= 4 is 16.7 Å². The van der Waals surface area contributed by atoms with Crippen LogP contribution in [-0.4, -0.2) is 50.8 Å². The summed E-state index contributed by atoms with van der Waals surface area (Å²) in [7, 11) is 0. The highest BCUT2D eigenvalue weighted by atomic mass is 16.5. The number of benzene rings is 1. The SMILES string of the molecule is c1ccc2c(c1)nc(CN1CCOCC1)c1nncn12. The third-order valence-corrected chi connectivity index (χ3v) is 3.68. The number of para-hydroxylation sites is 2. The molecule has 4 rings (SSSR count). The van der Waals surface area contributed by atoms with Crippen LogP contribution in [0.15, 0.2) is 30.6 Å². The molecule has 0 amide bonds. The van der Waals surface area contributed by atoms with Crippen molar-refractivity contribution in [3.05, 3.63) is 36.3 Å². The van der Waals surface area contributed by atoms with Gasteiger partial charge in [-0.05, 0) is 12.1 Å². The molecule has 0 aliphatic carbocycles. The average molecular weight is 269 g/mol. The van der Waals surface area contributed by atoms with Crippen molar-refractivity contribution in [2.24, 2.45) is 0 Å². The van der Waals surface area contributed by atoms with E-state index >= 15 is 0 Å². The molecular formula is C14H15N5O. The van der Waals surface area contributed by atoms with Crippen LogP contribution < -0.4 is 0 Å².